The van der Waals surface area contributed by atoms with E-state index in [0.717, 1.165) is 22.4 Å². The van der Waals surface area contributed by atoms with Gasteiger partial charge in [-0.25, -0.2) is 15.0 Å². The predicted molar refractivity (Wildman–Crippen MR) is 199 cm³/mol. The van der Waals surface area contributed by atoms with E-state index in [2.05, 4.69) is 68.4 Å². The summed E-state index contributed by atoms with van der Waals surface area (Å²) in [6.07, 6.45) is -0.577. The third-order valence-electron chi connectivity index (χ3n) is 10.1. The third-order valence-corrected chi connectivity index (χ3v) is 14.6. The van der Waals surface area contributed by atoms with Crippen LogP contribution < -0.4 is 10.1 Å². The summed E-state index contributed by atoms with van der Waals surface area (Å²) in [5.74, 6) is 0.716. The van der Waals surface area contributed by atoms with Gasteiger partial charge in [-0.1, -0.05) is 93.6 Å². The van der Waals surface area contributed by atoms with E-state index in [1.165, 1.54) is 13.3 Å². The second-order valence-electron chi connectivity index (χ2n) is 14.4. The van der Waals surface area contributed by atoms with Crippen LogP contribution in [-0.4, -0.2) is 77.7 Å². The van der Waals surface area contributed by atoms with E-state index >= 15 is 0 Å². The minimum atomic E-state index is -2.18. The van der Waals surface area contributed by atoms with Crippen LogP contribution in [0.25, 0.3) is 11.2 Å². The maximum absolute atomic E-state index is 11.7. The Kier molecular flexibility index (Phi) is 10.8. The zero-order valence-electron chi connectivity index (χ0n) is 30.6. The average Bonchev–Trinajstić information content (AvgIpc) is 3.70. The van der Waals surface area contributed by atoms with Gasteiger partial charge in [0.05, 0.1) is 20.0 Å². The van der Waals surface area contributed by atoms with Crippen molar-refractivity contribution in [3.05, 3.63) is 114 Å². The number of anilines is 1. The summed E-state index contributed by atoms with van der Waals surface area (Å²) in [5, 5.41) is 15.4. The molecule has 13 heteroatoms. The van der Waals surface area contributed by atoms with Gasteiger partial charge in [0.1, 0.15) is 35.9 Å². The Bertz CT molecular complexity index is 1910. The molecule has 1 aliphatic rings. The zero-order valence-corrected chi connectivity index (χ0v) is 31.6. The summed E-state index contributed by atoms with van der Waals surface area (Å²) in [4.78, 5) is 25.6. The van der Waals surface area contributed by atoms with E-state index in [1.54, 1.807) is 18.0 Å². The number of aromatic nitrogens is 4. The Balaban J connectivity index is 1.40. The molecule has 1 saturated heterocycles. The number of carbonyl (C=O) groups is 1. The standard InChI is InChI=1S/C39H47N5O7Si/c1-26(45)48-25-49-34-31(22-50-52(6,7)38(2,3)4)51-37(33(34)46)44-24-42-32-35(40-23-41-36(32)44)43-39(27-14-10-8-11-15-27,28-16-12-9-13-17-28)29-18-20-30(47-5)21-19-29/h8-21,23-24,31,33-34,37,46H,22,25H2,1-7H3,(H,40,41,43)/t31-,33-,34-,37-/m1/s1. The predicted octanol–water partition coefficient (Wildman–Crippen LogP) is 6.42. The molecule has 0 amide bonds. The van der Waals surface area contributed by atoms with Gasteiger partial charge in [0, 0.05) is 6.92 Å². The van der Waals surface area contributed by atoms with Crippen LogP contribution in [0.4, 0.5) is 5.82 Å². The zero-order chi connectivity index (χ0) is 37.1. The molecule has 2 aromatic heterocycles. The van der Waals surface area contributed by atoms with E-state index < -0.39 is 44.4 Å². The number of aliphatic hydroxyl groups excluding tert-OH is 1. The molecule has 6 rings (SSSR count). The number of esters is 1. The molecule has 52 heavy (non-hydrogen) atoms. The van der Waals surface area contributed by atoms with Crippen LogP contribution in [0, 0.1) is 0 Å². The van der Waals surface area contributed by atoms with Gasteiger partial charge in [0.2, 0.25) is 0 Å². The van der Waals surface area contributed by atoms with E-state index in [1.807, 2.05) is 60.7 Å². The lowest BCUT2D eigenvalue weighted by Gasteiger charge is -2.37. The van der Waals surface area contributed by atoms with Crippen molar-refractivity contribution in [2.75, 3.05) is 25.8 Å². The van der Waals surface area contributed by atoms with Crippen molar-refractivity contribution in [1.82, 2.24) is 19.5 Å². The molecule has 2 N–H and O–H groups in total. The van der Waals surface area contributed by atoms with Crippen molar-refractivity contribution in [3.8, 4) is 5.75 Å². The number of hydrogen-bond acceptors (Lipinski definition) is 11. The summed E-state index contributed by atoms with van der Waals surface area (Å²) in [5.41, 5.74) is 2.90. The van der Waals surface area contributed by atoms with Gasteiger partial charge in [-0.2, -0.15) is 0 Å². The Labute approximate surface area is 305 Å². The number of nitrogens with zero attached hydrogens (tertiary/aromatic N) is 4. The molecule has 0 unspecified atom stereocenters. The molecule has 12 nitrogen and oxygen atoms in total. The molecule has 3 aromatic carbocycles. The van der Waals surface area contributed by atoms with Gasteiger partial charge < -0.3 is 33.8 Å². The van der Waals surface area contributed by atoms with Crippen LogP contribution in [0.5, 0.6) is 5.75 Å². The van der Waals surface area contributed by atoms with Gasteiger partial charge in [0.15, 0.2) is 38.3 Å². The molecular weight excluding hydrogens is 679 g/mol. The molecule has 0 aliphatic carbocycles. The number of rotatable bonds is 13. The Morgan fingerprint density at radius 2 is 1.54 bits per heavy atom. The number of carbonyl (C=O) groups excluding carboxylic acids is 1. The molecular formula is C39H47N5O7Si. The van der Waals surface area contributed by atoms with Gasteiger partial charge in [-0.05, 0) is 47.0 Å². The molecule has 0 radical (unpaired) electrons. The lowest BCUT2D eigenvalue weighted by atomic mass is 9.77. The van der Waals surface area contributed by atoms with Crippen LogP contribution >= 0.6 is 0 Å². The first-order chi connectivity index (χ1) is 24.9. The molecule has 1 fully saturated rings. The fourth-order valence-electron chi connectivity index (χ4n) is 6.23. The summed E-state index contributed by atoms with van der Waals surface area (Å²) >= 11 is 0. The average molecular weight is 726 g/mol. The van der Waals surface area contributed by atoms with Crippen molar-refractivity contribution < 1.29 is 33.3 Å². The highest BCUT2D eigenvalue weighted by atomic mass is 28.4. The number of aliphatic hydroxyl groups is 1. The molecule has 0 bridgehead atoms. The SMILES string of the molecule is COc1ccc(C(Nc2ncnc3c2ncn3[C@@H]2O[C@H](CO[Si](C)(C)C(C)(C)C)[C@@H](OCOC(C)=O)[C@H]2O)(c2ccccc2)c2ccccc2)cc1. The number of imidazole rings is 1. The van der Waals surface area contributed by atoms with Gasteiger partial charge in [-0.3, -0.25) is 9.36 Å². The quantitative estimate of drug-likeness (QED) is 0.0602. The second kappa shape index (κ2) is 15.1. The lowest BCUT2D eigenvalue weighted by molar-refractivity contribution is -0.166. The first-order valence-corrected chi connectivity index (χ1v) is 20.2. The summed E-state index contributed by atoms with van der Waals surface area (Å²) < 4.78 is 31.1. The minimum absolute atomic E-state index is 0.0425. The van der Waals surface area contributed by atoms with Crippen LogP contribution in [0.2, 0.25) is 18.1 Å². The van der Waals surface area contributed by atoms with E-state index in [0.29, 0.717) is 17.0 Å². The second-order valence-corrected chi connectivity index (χ2v) is 19.2. The number of benzene rings is 3. The molecule has 1 aliphatic heterocycles. The Morgan fingerprint density at radius 1 is 0.923 bits per heavy atom. The van der Waals surface area contributed by atoms with Crippen molar-refractivity contribution >= 4 is 31.3 Å². The van der Waals surface area contributed by atoms with E-state index in [-0.39, 0.29) is 18.4 Å². The Morgan fingerprint density at radius 3 is 2.12 bits per heavy atom. The maximum atomic E-state index is 11.7. The lowest BCUT2D eigenvalue weighted by Crippen LogP contribution is -2.45. The first-order valence-electron chi connectivity index (χ1n) is 17.3. The number of methoxy groups -OCH3 is 1. The smallest absolute Gasteiger partial charge is 0.304 e. The van der Waals surface area contributed by atoms with Crippen molar-refractivity contribution in [2.24, 2.45) is 0 Å². The highest BCUT2D eigenvalue weighted by molar-refractivity contribution is 6.74. The van der Waals surface area contributed by atoms with Gasteiger partial charge in [-0.15, -0.1) is 0 Å². The summed E-state index contributed by atoms with van der Waals surface area (Å²) in [6.45, 7) is 11.9. The highest BCUT2D eigenvalue weighted by Crippen LogP contribution is 2.42. The maximum Gasteiger partial charge on any atom is 0.304 e. The van der Waals surface area contributed by atoms with Gasteiger partial charge in [0.25, 0.3) is 0 Å². The fourth-order valence-corrected chi connectivity index (χ4v) is 7.25. The first kappa shape index (κ1) is 37.1. The van der Waals surface area contributed by atoms with Crippen LogP contribution in [0.3, 0.4) is 0 Å². The van der Waals surface area contributed by atoms with Crippen molar-refractivity contribution in [1.29, 1.82) is 0 Å². The minimum Gasteiger partial charge on any atom is -0.497 e. The fraction of sp³-hybridized carbons (Fsp3) is 0.385. The van der Waals surface area contributed by atoms with Crippen LogP contribution in [0.15, 0.2) is 97.6 Å². The summed E-state index contributed by atoms with van der Waals surface area (Å²) in [7, 11) is -0.538. The highest BCUT2D eigenvalue weighted by Gasteiger charge is 2.48. The number of fused-ring (bicyclic) bond motifs is 1. The molecule has 5 aromatic rings. The Hall–Kier alpha value is -4.66. The molecule has 0 saturated carbocycles. The monoisotopic (exact) mass is 725 g/mol. The molecule has 274 valence electrons. The van der Waals surface area contributed by atoms with E-state index in [9.17, 15) is 9.90 Å². The largest absolute Gasteiger partial charge is 0.497 e. The molecule has 4 atom stereocenters. The molecule has 3 heterocycles. The number of hydrogen-bond donors (Lipinski definition) is 2. The normalized spacial score (nSPS) is 19.5. The van der Waals surface area contributed by atoms with Gasteiger partial charge >= 0.3 is 5.97 Å². The van der Waals surface area contributed by atoms with Crippen molar-refractivity contribution in [3.63, 3.8) is 0 Å². The summed E-state index contributed by atoms with van der Waals surface area (Å²) in [6, 6.07) is 28.2. The number of ether oxygens (including phenoxy) is 4. The molecule has 0 spiro atoms. The topological polar surface area (TPSA) is 139 Å². The van der Waals surface area contributed by atoms with E-state index in [4.69, 9.17) is 33.3 Å². The number of nitrogens with one attached hydrogen (secondary N) is 1. The third kappa shape index (κ3) is 7.32. The van der Waals surface area contributed by atoms with Crippen LogP contribution in [-0.2, 0) is 29.0 Å². The van der Waals surface area contributed by atoms with Crippen LogP contribution in [0.1, 0.15) is 50.6 Å². The van der Waals surface area contributed by atoms with Crippen molar-refractivity contribution in [2.45, 2.75) is 75.9 Å².